The molecule has 0 spiro atoms. The Morgan fingerprint density at radius 1 is 0.650 bits per heavy atom. The molecule has 2 heterocycles. The lowest BCUT2D eigenvalue weighted by atomic mass is 9.84. The van der Waals surface area contributed by atoms with Crippen molar-refractivity contribution in [1.29, 1.82) is 0 Å². The van der Waals surface area contributed by atoms with E-state index in [4.69, 9.17) is 5.73 Å². The molecule has 212 valence electrons. The number of nitrogens with zero attached hydrogens (tertiary/aromatic N) is 2. The lowest BCUT2D eigenvalue weighted by Crippen LogP contribution is -2.51. The summed E-state index contributed by atoms with van der Waals surface area (Å²) in [7, 11) is -3.14. The standard InChI is InChI=1S/C16H19NO4S.C14H16N2O2/c1-22(20,21)10-11-6-2-5-9-14(11)17-15(18)12-7-3-4-8-13(12)16(17)19;15-11-7-3-4-8-12(11)16-13(17)9-5-1-2-6-10(9)14(16)18/h3-4,7-8,11,14H,2,5-6,9-10H2,1H3;1-2,5-6,11-12H,3-4,7-8,15H2/t11-,14+;11-,12-/m01/s1. The molecule has 2 aromatic rings. The van der Waals surface area contributed by atoms with Crippen LogP contribution in [0.1, 0.15) is 92.8 Å². The average Bonchev–Trinajstić information content (AvgIpc) is 3.34. The van der Waals surface area contributed by atoms with Crippen molar-refractivity contribution in [2.75, 3.05) is 12.0 Å². The van der Waals surface area contributed by atoms with Crippen LogP contribution in [0.3, 0.4) is 0 Å². The quantitative estimate of drug-likeness (QED) is 0.561. The maximum absolute atomic E-state index is 12.6. The second-order valence-corrected chi connectivity index (χ2v) is 13.5. The first kappa shape index (κ1) is 28.2. The van der Waals surface area contributed by atoms with Gasteiger partial charge in [0.1, 0.15) is 9.84 Å². The SMILES string of the molecule is CS(=O)(=O)C[C@@H]1CCCC[C@H]1N1C(=O)c2ccccc2C1=O.N[C@@H]1CCCC[C@H]1N1C(=O)c2ccccc2C1=O. The number of hydrogen-bond donors (Lipinski definition) is 1. The number of nitrogens with two attached hydrogens (primary N) is 1. The molecule has 40 heavy (non-hydrogen) atoms. The zero-order chi connectivity index (χ0) is 28.6. The van der Waals surface area contributed by atoms with E-state index in [1.165, 1.54) is 16.1 Å². The fraction of sp³-hybridized carbons (Fsp3) is 0.467. The van der Waals surface area contributed by atoms with E-state index < -0.39 is 9.84 Å². The van der Waals surface area contributed by atoms with Gasteiger partial charge in [0.2, 0.25) is 0 Å². The van der Waals surface area contributed by atoms with Crippen LogP contribution in [-0.4, -0.2) is 72.0 Å². The zero-order valence-electron chi connectivity index (χ0n) is 22.6. The van der Waals surface area contributed by atoms with Gasteiger partial charge >= 0.3 is 0 Å². The van der Waals surface area contributed by atoms with E-state index in [1.807, 2.05) is 0 Å². The normalized spacial score (nSPS) is 26.4. The molecule has 0 radical (unpaired) electrons. The van der Waals surface area contributed by atoms with E-state index in [-0.39, 0.29) is 53.4 Å². The first-order valence-corrected chi connectivity index (χ1v) is 16.0. The summed E-state index contributed by atoms with van der Waals surface area (Å²) >= 11 is 0. The molecule has 10 heteroatoms. The van der Waals surface area contributed by atoms with Gasteiger partial charge < -0.3 is 5.73 Å². The Bertz CT molecular complexity index is 1380. The Labute approximate surface area is 234 Å². The van der Waals surface area contributed by atoms with Crippen molar-refractivity contribution in [2.45, 2.75) is 69.5 Å². The smallest absolute Gasteiger partial charge is 0.261 e. The van der Waals surface area contributed by atoms with E-state index in [0.717, 1.165) is 44.9 Å². The molecule has 0 saturated heterocycles. The maximum Gasteiger partial charge on any atom is 0.261 e. The fourth-order valence-electron chi connectivity index (χ4n) is 6.59. The number of carbonyl (C=O) groups is 4. The number of hydrogen-bond acceptors (Lipinski definition) is 7. The molecule has 9 nitrogen and oxygen atoms in total. The van der Waals surface area contributed by atoms with Crippen LogP contribution in [0.2, 0.25) is 0 Å². The minimum atomic E-state index is -3.14. The number of rotatable bonds is 4. The van der Waals surface area contributed by atoms with Crippen molar-refractivity contribution in [3.63, 3.8) is 0 Å². The van der Waals surface area contributed by atoms with Gasteiger partial charge in [0.25, 0.3) is 23.6 Å². The van der Waals surface area contributed by atoms with Crippen LogP contribution in [-0.2, 0) is 9.84 Å². The number of fused-ring (bicyclic) bond motifs is 2. The van der Waals surface area contributed by atoms with Crippen LogP contribution in [0, 0.1) is 5.92 Å². The fourth-order valence-corrected chi connectivity index (χ4v) is 7.76. The van der Waals surface area contributed by atoms with E-state index >= 15 is 0 Å². The third-order valence-electron chi connectivity index (χ3n) is 8.48. The molecule has 4 aliphatic rings. The summed E-state index contributed by atoms with van der Waals surface area (Å²) in [6.45, 7) is 0. The number of amides is 4. The minimum absolute atomic E-state index is 0.0328. The van der Waals surface area contributed by atoms with Gasteiger partial charge in [-0.3, -0.25) is 29.0 Å². The molecule has 4 amide bonds. The molecule has 0 aromatic heterocycles. The third kappa shape index (κ3) is 5.34. The molecular formula is C30H35N3O6S. The molecule has 2 aliphatic carbocycles. The molecule has 6 rings (SSSR count). The predicted octanol–water partition coefficient (Wildman–Crippen LogP) is 3.44. The molecule has 2 aliphatic heterocycles. The largest absolute Gasteiger partial charge is 0.326 e. The van der Waals surface area contributed by atoms with Crippen molar-refractivity contribution in [2.24, 2.45) is 11.7 Å². The van der Waals surface area contributed by atoms with Crippen LogP contribution in [0.5, 0.6) is 0 Å². The topological polar surface area (TPSA) is 135 Å². The summed E-state index contributed by atoms with van der Waals surface area (Å²) in [5, 5.41) is 0. The Hall–Kier alpha value is -3.37. The zero-order valence-corrected chi connectivity index (χ0v) is 23.4. The highest BCUT2D eigenvalue weighted by molar-refractivity contribution is 7.90. The summed E-state index contributed by atoms with van der Waals surface area (Å²) in [4.78, 5) is 52.4. The molecule has 0 unspecified atom stereocenters. The van der Waals surface area contributed by atoms with Crippen LogP contribution in [0.25, 0.3) is 0 Å². The maximum atomic E-state index is 12.6. The monoisotopic (exact) mass is 565 g/mol. The summed E-state index contributed by atoms with van der Waals surface area (Å²) in [5.41, 5.74) is 7.95. The van der Waals surface area contributed by atoms with E-state index in [2.05, 4.69) is 0 Å². The molecule has 2 saturated carbocycles. The van der Waals surface area contributed by atoms with Crippen LogP contribution in [0.15, 0.2) is 48.5 Å². The highest BCUT2D eigenvalue weighted by Crippen LogP contribution is 2.35. The van der Waals surface area contributed by atoms with E-state index in [0.29, 0.717) is 28.7 Å². The van der Waals surface area contributed by atoms with Crippen molar-refractivity contribution in [1.82, 2.24) is 9.80 Å². The molecular weight excluding hydrogens is 530 g/mol. The van der Waals surface area contributed by atoms with Crippen LogP contribution >= 0.6 is 0 Å². The second-order valence-electron chi connectivity index (χ2n) is 11.3. The van der Waals surface area contributed by atoms with Gasteiger partial charge in [-0.05, 0) is 55.9 Å². The lowest BCUT2D eigenvalue weighted by molar-refractivity contribution is 0.0483. The molecule has 2 fully saturated rings. The van der Waals surface area contributed by atoms with Gasteiger partial charge in [-0.15, -0.1) is 0 Å². The van der Waals surface area contributed by atoms with Gasteiger partial charge in [-0.1, -0.05) is 49.9 Å². The Morgan fingerprint density at radius 3 is 1.45 bits per heavy atom. The first-order chi connectivity index (χ1) is 19.1. The first-order valence-electron chi connectivity index (χ1n) is 14.0. The van der Waals surface area contributed by atoms with Gasteiger partial charge in [0.15, 0.2) is 0 Å². The van der Waals surface area contributed by atoms with Gasteiger partial charge in [-0.25, -0.2) is 8.42 Å². The highest BCUT2D eigenvalue weighted by Gasteiger charge is 2.44. The molecule has 4 atom stereocenters. The Balaban J connectivity index is 0.000000164. The van der Waals surface area contributed by atoms with Crippen molar-refractivity contribution >= 4 is 33.5 Å². The summed E-state index contributed by atoms with van der Waals surface area (Å²) in [6, 6.07) is 13.3. The minimum Gasteiger partial charge on any atom is -0.326 e. The van der Waals surface area contributed by atoms with Gasteiger partial charge in [0.05, 0.1) is 34.0 Å². The number of carbonyl (C=O) groups excluding carboxylic acids is 4. The Morgan fingerprint density at radius 2 is 1.02 bits per heavy atom. The average molecular weight is 566 g/mol. The van der Waals surface area contributed by atoms with Crippen molar-refractivity contribution in [3.05, 3.63) is 70.8 Å². The number of imide groups is 2. The summed E-state index contributed by atoms with van der Waals surface area (Å²) < 4.78 is 23.3. The molecule has 0 bridgehead atoms. The lowest BCUT2D eigenvalue weighted by Gasteiger charge is -2.36. The predicted molar refractivity (Wildman–Crippen MR) is 150 cm³/mol. The summed E-state index contributed by atoms with van der Waals surface area (Å²) in [5.74, 6) is -1.07. The Kier molecular flexibility index (Phi) is 7.92. The molecule has 2 N–H and O–H groups in total. The third-order valence-corrected chi connectivity index (χ3v) is 9.52. The van der Waals surface area contributed by atoms with Crippen LogP contribution < -0.4 is 5.73 Å². The van der Waals surface area contributed by atoms with Gasteiger partial charge in [-0.2, -0.15) is 0 Å². The number of sulfone groups is 1. The van der Waals surface area contributed by atoms with E-state index in [1.54, 1.807) is 48.5 Å². The van der Waals surface area contributed by atoms with Crippen molar-refractivity contribution in [3.8, 4) is 0 Å². The van der Waals surface area contributed by atoms with Gasteiger partial charge in [0, 0.05) is 18.3 Å². The van der Waals surface area contributed by atoms with E-state index in [9.17, 15) is 27.6 Å². The highest BCUT2D eigenvalue weighted by atomic mass is 32.2. The molecule has 2 aromatic carbocycles. The number of benzene rings is 2. The van der Waals surface area contributed by atoms with Crippen LogP contribution in [0.4, 0.5) is 0 Å². The summed E-state index contributed by atoms with van der Waals surface area (Å²) in [6.07, 6.45) is 8.33. The second kappa shape index (κ2) is 11.2. The van der Waals surface area contributed by atoms with Crippen molar-refractivity contribution < 1.29 is 27.6 Å².